The Kier molecular flexibility index (Phi) is 8.55. The molecule has 5 nitrogen and oxygen atoms in total. The van der Waals surface area contributed by atoms with Crippen molar-refractivity contribution in [1.29, 1.82) is 0 Å². The highest BCUT2D eigenvalue weighted by Gasteiger charge is 2.11. The molecule has 0 unspecified atom stereocenters. The molecule has 0 amide bonds. The number of aliphatic hydroxyl groups is 1. The Bertz CT molecular complexity index is 638. The molecule has 0 spiro atoms. The summed E-state index contributed by atoms with van der Waals surface area (Å²) in [5.41, 5.74) is 2.04. The maximum atomic E-state index is 8.71. The molecule has 0 aliphatic carbocycles. The summed E-state index contributed by atoms with van der Waals surface area (Å²) in [7, 11) is 1.62. The summed E-state index contributed by atoms with van der Waals surface area (Å²) in [6, 6.07) is 13.7. The lowest BCUT2D eigenvalue weighted by molar-refractivity contribution is 0.284. The second kappa shape index (κ2) is 10.9. The molecule has 3 N–H and O–H groups in total. The molecule has 0 fully saturated rings. The number of halogens is 1. The van der Waals surface area contributed by atoms with Crippen molar-refractivity contribution in [3.63, 3.8) is 0 Å². The highest BCUT2D eigenvalue weighted by atomic mass is 35.5. The van der Waals surface area contributed by atoms with E-state index in [1.807, 2.05) is 36.4 Å². The minimum absolute atomic E-state index is 0.146. The van der Waals surface area contributed by atoms with Crippen molar-refractivity contribution < 1.29 is 14.6 Å². The normalized spacial score (nSPS) is 10.7. The molecule has 2 aromatic rings. The van der Waals surface area contributed by atoms with Gasteiger partial charge in [0.1, 0.15) is 6.61 Å². The zero-order chi connectivity index (χ0) is 17.9. The highest BCUT2D eigenvalue weighted by molar-refractivity contribution is 6.31. The third kappa shape index (κ3) is 6.55. The Balaban J connectivity index is 1.92. The minimum atomic E-state index is 0.146. The SMILES string of the molecule is COc1cc(CNCCNCCO)c(Cl)cc1OCc1ccccc1. The summed E-state index contributed by atoms with van der Waals surface area (Å²) < 4.78 is 11.3. The Morgan fingerprint density at radius 1 is 1.00 bits per heavy atom. The molecule has 25 heavy (non-hydrogen) atoms. The first-order valence-electron chi connectivity index (χ1n) is 8.30. The third-order valence-electron chi connectivity index (χ3n) is 3.65. The zero-order valence-corrected chi connectivity index (χ0v) is 15.2. The van der Waals surface area contributed by atoms with E-state index in [1.54, 1.807) is 13.2 Å². The van der Waals surface area contributed by atoms with Crippen LogP contribution in [0.1, 0.15) is 11.1 Å². The molecule has 0 saturated carbocycles. The first kappa shape index (κ1) is 19.5. The van der Waals surface area contributed by atoms with Gasteiger partial charge in [-0.15, -0.1) is 0 Å². The topological polar surface area (TPSA) is 62.8 Å². The van der Waals surface area contributed by atoms with E-state index in [0.29, 0.717) is 36.2 Å². The van der Waals surface area contributed by atoms with Gasteiger partial charge >= 0.3 is 0 Å². The molecule has 0 heterocycles. The second-order valence-corrected chi connectivity index (χ2v) is 5.93. The molecular weight excluding hydrogens is 340 g/mol. The quantitative estimate of drug-likeness (QED) is 0.535. The van der Waals surface area contributed by atoms with Gasteiger partial charge in [0.2, 0.25) is 0 Å². The van der Waals surface area contributed by atoms with E-state index in [9.17, 15) is 0 Å². The minimum Gasteiger partial charge on any atom is -0.493 e. The van der Waals surface area contributed by atoms with Gasteiger partial charge in [-0.2, -0.15) is 0 Å². The number of hydrogen-bond acceptors (Lipinski definition) is 5. The van der Waals surface area contributed by atoms with Crippen LogP contribution in [0.15, 0.2) is 42.5 Å². The molecule has 0 aliphatic rings. The standard InChI is InChI=1S/C19H25ClN2O3/c1-24-18-11-16(13-22-8-7-21-9-10-23)17(20)12-19(18)25-14-15-5-3-2-4-6-15/h2-6,11-12,21-23H,7-10,13-14H2,1H3. The fourth-order valence-electron chi connectivity index (χ4n) is 2.32. The summed E-state index contributed by atoms with van der Waals surface area (Å²) >= 11 is 6.38. The fourth-order valence-corrected chi connectivity index (χ4v) is 2.54. The fraction of sp³-hybridized carbons (Fsp3) is 0.368. The molecule has 0 aliphatic heterocycles. The molecule has 0 aromatic heterocycles. The van der Waals surface area contributed by atoms with Crippen LogP contribution in [0, 0.1) is 0 Å². The summed E-state index contributed by atoms with van der Waals surface area (Å²) in [6.45, 7) is 3.41. The van der Waals surface area contributed by atoms with E-state index in [2.05, 4.69) is 10.6 Å². The molecule has 2 rings (SSSR count). The van der Waals surface area contributed by atoms with Crippen LogP contribution in [-0.2, 0) is 13.2 Å². The number of ether oxygens (including phenoxy) is 2. The molecular formula is C19H25ClN2O3. The van der Waals surface area contributed by atoms with E-state index < -0.39 is 0 Å². The molecule has 0 atom stereocenters. The number of rotatable bonds is 11. The lowest BCUT2D eigenvalue weighted by Gasteiger charge is -2.14. The van der Waals surface area contributed by atoms with E-state index in [0.717, 1.165) is 24.2 Å². The van der Waals surface area contributed by atoms with Gasteiger partial charge in [0.25, 0.3) is 0 Å². The number of benzene rings is 2. The number of aliphatic hydroxyl groups excluding tert-OH is 1. The summed E-state index contributed by atoms with van der Waals surface area (Å²) in [5, 5.41) is 15.8. The Morgan fingerprint density at radius 2 is 1.76 bits per heavy atom. The van der Waals surface area contributed by atoms with Crippen LogP contribution >= 0.6 is 11.6 Å². The summed E-state index contributed by atoms with van der Waals surface area (Å²) in [4.78, 5) is 0. The van der Waals surface area contributed by atoms with Crippen LogP contribution in [0.25, 0.3) is 0 Å². The number of methoxy groups -OCH3 is 1. The lowest BCUT2D eigenvalue weighted by atomic mass is 10.2. The predicted molar refractivity (Wildman–Crippen MR) is 100 cm³/mol. The van der Waals surface area contributed by atoms with E-state index in [1.165, 1.54) is 0 Å². The van der Waals surface area contributed by atoms with Gasteiger partial charge in [-0.1, -0.05) is 41.9 Å². The van der Waals surface area contributed by atoms with E-state index in [4.69, 9.17) is 26.2 Å². The van der Waals surface area contributed by atoms with Crippen molar-refractivity contribution >= 4 is 11.6 Å². The van der Waals surface area contributed by atoms with E-state index in [-0.39, 0.29) is 6.61 Å². The maximum absolute atomic E-state index is 8.71. The molecule has 0 bridgehead atoms. The van der Waals surface area contributed by atoms with Gasteiger partial charge < -0.3 is 25.2 Å². The van der Waals surface area contributed by atoms with Gasteiger partial charge in [0.05, 0.1) is 13.7 Å². The van der Waals surface area contributed by atoms with Crippen LogP contribution in [0.5, 0.6) is 11.5 Å². The molecule has 136 valence electrons. The van der Waals surface area contributed by atoms with E-state index >= 15 is 0 Å². The first-order chi connectivity index (χ1) is 12.2. The van der Waals surface area contributed by atoms with Gasteiger partial charge in [-0.25, -0.2) is 0 Å². The average molecular weight is 365 g/mol. The number of nitrogens with one attached hydrogen (secondary N) is 2. The molecule has 0 saturated heterocycles. The summed E-state index contributed by atoms with van der Waals surface area (Å²) in [5.74, 6) is 1.29. The first-order valence-corrected chi connectivity index (χ1v) is 8.68. The zero-order valence-electron chi connectivity index (χ0n) is 14.4. The Labute approximate surface area is 153 Å². The second-order valence-electron chi connectivity index (χ2n) is 5.52. The van der Waals surface area contributed by atoms with Crippen molar-refractivity contribution in [2.24, 2.45) is 0 Å². The predicted octanol–water partition coefficient (Wildman–Crippen LogP) is 2.60. The van der Waals surface area contributed by atoms with Gasteiger partial charge in [0, 0.05) is 37.3 Å². The van der Waals surface area contributed by atoms with Crippen LogP contribution in [0.2, 0.25) is 5.02 Å². The van der Waals surface area contributed by atoms with Gasteiger partial charge in [-0.05, 0) is 17.2 Å². The number of hydrogen-bond donors (Lipinski definition) is 3. The smallest absolute Gasteiger partial charge is 0.163 e. The Hall–Kier alpha value is -1.79. The third-order valence-corrected chi connectivity index (χ3v) is 4.00. The lowest BCUT2D eigenvalue weighted by Crippen LogP contribution is -2.28. The summed E-state index contributed by atoms with van der Waals surface area (Å²) in [6.07, 6.45) is 0. The molecule has 2 aromatic carbocycles. The van der Waals surface area contributed by atoms with Crippen molar-refractivity contribution in [2.75, 3.05) is 33.4 Å². The van der Waals surface area contributed by atoms with Crippen molar-refractivity contribution in [1.82, 2.24) is 10.6 Å². The van der Waals surface area contributed by atoms with Crippen molar-refractivity contribution in [3.8, 4) is 11.5 Å². The molecule has 0 radical (unpaired) electrons. The average Bonchev–Trinajstić information content (AvgIpc) is 2.65. The van der Waals surface area contributed by atoms with Crippen LogP contribution in [0.4, 0.5) is 0 Å². The van der Waals surface area contributed by atoms with Crippen LogP contribution < -0.4 is 20.1 Å². The van der Waals surface area contributed by atoms with Crippen molar-refractivity contribution in [2.45, 2.75) is 13.2 Å². The van der Waals surface area contributed by atoms with Gasteiger partial charge in [-0.3, -0.25) is 0 Å². The maximum Gasteiger partial charge on any atom is 0.163 e. The van der Waals surface area contributed by atoms with Crippen LogP contribution in [-0.4, -0.2) is 38.5 Å². The van der Waals surface area contributed by atoms with Gasteiger partial charge in [0.15, 0.2) is 11.5 Å². The monoisotopic (exact) mass is 364 g/mol. The highest BCUT2D eigenvalue weighted by Crippen LogP contribution is 2.33. The van der Waals surface area contributed by atoms with Crippen molar-refractivity contribution in [3.05, 3.63) is 58.6 Å². The van der Waals surface area contributed by atoms with Crippen LogP contribution in [0.3, 0.4) is 0 Å². The largest absolute Gasteiger partial charge is 0.493 e. The molecule has 6 heteroatoms. The Morgan fingerprint density at radius 3 is 2.48 bits per heavy atom.